The van der Waals surface area contributed by atoms with Gasteiger partial charge < -0.3 is 15.6 Å². The van der Waals surface area contributed by atoms with Gasteiger partial charge in [-0.15, -0.1) is 0 Å². The van der Waals surface area contributed by atoms with E-state index in [1.807, 2.05) is 23.2 Å². The van der Waals surface area contributed by atoms with Crippen molar-refractivity contribution in [2.24, 2.45) is 11.7 Å². The fraction of sp³-hybridized carbons (Fsp3) is 0.643. The number of hydrogen-bond acceptors (Lipinski definition) is 2. The van der Waals surface area contributed by atoms with Crippen LogP contribution in [0.25, 0.3) is 0 Å². The predicted molar refractivity (Wildman–Crippen MR) is 71.9 cm³/mol. The zero-order chi connectivity index (χ0) is 13.1. The van der Waals surface area contributed by atoms with E-state index in [1.54, 1.807) is 0 Å². The van der Waals surface area contributed by atoms with Crippen molar-refractivity contribution in [3.05, 3.63) is 24.0 Å². The molecule has 0 aromatic carbocycles. The predicted octanol–water partition coefficient (Wildman–Crippen LogP) is 2.05. The molecule has 1 aliphatic rings. The highest BCUT2D eigenvalue weighted by Gasteiger charge is 2.33. The van der Waals surface area contributed by atoms with Crippen molar-refractivity contribution in [1.82, 2.24) is 9.88 Å². The fourth-order valence-corrected chi connectivity index (χ4v) is 2.73. The van der Waals surface area contributed by atoms with Crippen LogP contribution in [0.3, 0.4) is 0 Å². The molecule has 1 saturated heterocycles. The molecule has 0 aliphatic carbocycles. The highest BCUT2D eigenvalue weighted by atomic mass is 16.2. The number of likely N-dealkylation sites (tertiary alicyclic amines) is 1. The van der Waals surface area contributed by atoms with Crippen LogP contribution >= 0.6 is 0 Å². The molecule has 4 nitrogen and oxygen atoms in total. The van der Waals surface area contributed by atoms with Crippen LogP contribution in [0.4, 0.5) is 0 Å². The molecule has 1 aliphatic heterocycles. The molecule has 0 bridgehead atoms. The lowest BCUT2D eigenvalue weighted by Crippen LogP contribution is -2.44. The van der Waals surface area contributed by atoms with Gasteiger partial charge in [0.1, 0.15) is 0 Å². The van der Waals surface area contributed by atoms with Gasteiger partial charge in [-0.1, -0.05) is 13.8 Å². The number of nitrogens with two attached hydrogens (primary N) is 1. The SMILES string of the molecule is CC(C)C[C@@H](N)C(=O)N1CCCC1c1ccc[nH]1. The van der Waals surface area contributed by atoms with Crippen molar-refractivity contribution in [3.8, 4) is 0 Å². The number of amides is 1. The molecule has 1 aromatic heterocycles. The summed E-state index contributed by atoms with van der Waals surface area (Å²) in [6, 6.07) is 3.85. The Hall–Kier alpha value is -1.29. The highest BCUT2D eigenvalue weighted by molar-refractivity contribution is 5.82. The first kappa shape index (κ1) is 13.1. The standard InChI is InChI=1S/C14H23N3O/c1-10(2)9-11(15)14(18)17-8-4-6-13(17)12-5-3-7-16-12/h3,5,7,10-11,13,16H,4,6,8-9,15H2,1-2H3/t11-,13?/m1/s1. The average molecular weight is 249 g/mol. The van der Waals surface area contributed by atoms with E-state index in [4.69, 9.17) is 5.73 Å². The minimum absolute atomic E-state index is 0.0980. The third-order valence-corrected chi connectivity index (χ3v) is 3.56. The molecular weight excluding hydrogens is 226 g/mol. The van der Waals surface area contributed by atoms with Crippen molar-refractivity contribution in [3.63, 3.8) is 0 Å². The second kappa shape index (κ2) is 5.57. The smallest absolute Gasteiger partial charge is 0.240 e. The Morgan fingerprint density at radius 2 is 2.39 bits per heavy atom. The van der Waals surface area contributed by atoms with Crippen molar-refractivity contribution in [2.75, 3.05) is 6.54 Å². The van der Waals surface area contributed by atoms with E-state index in [2.05, 4.69) is 18.8 Å². The van der Waals surface area contributed by atoms with Gasteiger partial charge >= 0.3 is 0 Å². The van der Waals surface area contributed by atoms with Crippen molar-refractivity contribution in [1.29, 1.82) is 0 Å². The van der Waals surface area contributed by atoms with Gasteiger partial charge in [0, 0.05) is 18.4 Å². The summed E-state index contributed by atoms with van der Waals surface area (Å²) in [5, 5.41) is 0. The number of aromatic nitrogens is 1. The van der Waals surface area contributed by atoms with E-state index in [9.17, 15) is 4.79 Å². The molecule has 0 saturated carbocycles. The summed E-state index contributed by atoms with van der Waals surface area (Å²) >= 11 is 0. The van der Waals surface area contributed by atoms with Gasteiger partial charge in [-0.25, -0.2) is 0 Å². The number of carbonyl (C=O) groups excluding carboxylic acids is 1. The lowest BCUT2D eigenvalue weighted by atomic mass is 10.0. The second-order valence-corrected chi connectivity index (χ2v) is 5.55. The first-order valence-electron chi connectivity index (χ1n) is 6.79. The van der Waals surface area contributed by atoms with Gasteiger partial charge in [0.05, 0.1) is 12.1 Å². The molecule has 4 heteroatoms. The zero-order valence-corrected chi connectivity index (χ0v) is 11.2. The number of H-pyrrole nitrogens is 1. The summed E-state index contributed by atoms with van der Waals surface area (Å²) in [5.41, 5.74) is 7.13. The Morgan fingerprint density at radius 3 is 3.00 bits per heavy atom. The molecule has 1 amide bonds. The average Bonchev–Trinajstić information content (AvgIpc) is 2.97. The molecule has 2 atom stereocenters. The van der Waals surface area contributed by atoms with Gasteiger partial charge in [0.15, 0.2) is 0 Å². The Morgan fingerprint density at radius 1 is 1.61 bits per heavy atom. The molecule has 1 aromatic rings. The van der Waals surface area contributed by atoms with Gasteiger partial charge in [0.25, 0.3) is 0 Å². The fourth-order valence-electron chi connectivity index (χ4n) is 2.73. The van der Waals surface area contributed by atoms with Crippen LogP contribution in [-0.4, -0.2) is 28.4 Å². The zero-order valence-electron chi connectivity index (χ0n) is 11.2. The van der Waals surface area contributed by atoms with Crippen molar-refractivity contribution >= 4 is 5.91 Å². The second-order valence-electron chi connectivity index (χ2n) is 5.55. The van der Waals surface area contributed by atoms with Crippen LogP contribution in [-0.2, 0) is 4.79 Å². The van der Waals surface area contributed by atoms with E-state index in [1.165, 1.54) is 0 Å². The minimum Gasteiger partial charge on any atom is -0.363 e. The van der Waals surface area contributed by atoms with E-state index in [0.29, 0.717) is 5.92 Å². The lowest BCUT2D eigenvalue weighted by molar-refractivity contribution is -0.134. The Bertz CT molecular complexity index is 386. The summed E-state index contributed by atoms with van der Waals surface area (Å²) < 4.78 is 0. The molecule has 3 N–H and O–H groups in total. The summed E-state index contributed by atoms with van der Waals surface area (Å²) in [5.74, 6) is 0.552. The number of nitrogens with zero attached hydrogens (tertiary/aromatic N) is 1. The van der Waals surface area contributed by atoms with Gasteiger partial charge in [-0.2, -0.15) is 0 Å². The number of rotatable bonds is 4. The van der Waals surface area contributed by atoms with E-state index < -0.39 is 0 Å². The molecule has 18 heavy (non-hydrogen) atoms. The van der Waals surface area contributed by atoms with Gasteiger partial charge in [0.2, 0.25) is 5.91 Å². The molecule has 1 fully saturated rings. The normalized spacial score (nSPS) is 21.6. The van der Waals surface area contributed by atoms with E-state index in [-0.39, 0.29) is 18.0 Å². The van der Waals surface area contributed by atoms with Crippen LogP contribution in [0.5, 0.6) is 0 Å². The molecule has 2 rings (SSSR count). The van der Waals surface area contributed by atoms with Crippen molar-refractivity contribution < 1.29 is 4.79 Å². The number of hydrogen-bond donors (Lipinski definition) is 2. The third-order valence-electron chi connectivity index (χ3n) is 3.56. The molecule has 1 unspecified atom stereocenters. The van der Waals surface area contributed by atoms with Gasteiger partial charge in [-0.05, 0) is 37.3 Å². The van der Waals surface area contributed by atoms with E-state index >= 15 is 0 Å². The Labute approximate surface area is 109 Å². The molecule has 0 spiro atoms. The monoisotopic (exact) mass is 249 g/mol. The summed E-state index contributed by atoms with van der Waals surface area (Å²) in [6.07, 6.45) is 4.75. The molecular formula is C14H23N3O. The van der Waals surface area contributed by atoms with Crippen molar-refractivity contribution in [2.45, 2.75) is 45.2 Å². The summed E-state index contributed by atoms with van der Waals surface area (Å²) in [7, 11) is 0. The number of aromatic amines is 1. The Balaban J connectivity index is 2.05. The maximum absolute atomic E-state index is 12.4. The topological polar surface area (TPSA) is 62.1 Å². The lowest BCUT2D eigenvalue weighted by Gasteiger charge is -2.27. The van der Waals surface area contributed by atoms with E-state index in [0.717, 1.165) is 31.5 Å². The number of carbonyl (C=O) groups is 1. The summed E-state index contributed by atoms with van der Waals surface area (Å²) in [6.45, 7) is 5.02. The maximum atomic E-state index is 12.4. The quantitative estimate of drug-likeness (QED) is 0.858. The van der Waals surface area contributed by atoms with Crippen LogP contribution < -0.4 is 5.73 Å². The highest BCUT2D eigenvalue weighted by Crippen LogP contribution is 2.31. The minimum atomic E-state index is -0.361. The largest absolute Gasteiger partial charge is 0.363 e. The summed E-state index contributed by atoms with van der Waals surface area (Å²) in [4.78, 5) is 17.5. The molecule has 100 valence electrons. The van der Waals surface area contributed by atoms with Crippen LogP contribution in [0.2, 0.25) is 0 Å². The maximum Gasteiger partial charge on any atom is 0.240 e. The van der Waals surface area contributed by atoms with Crippen LogP contribution in [0, 0.1) is 5.92 Å². The molecule has 0 radical (unpaired) electrons. The molecule has 2 heterocycles. The third kappa shape index (κ3) is 2.75. The number of nitrogens with one attached hydrogen (secondary N) is 1. The first-order chi connectivity index (χ1) is 8.59. The Kier molecular flexibility index (Phi) is 4.07. The van der Waals surface area contributed by atoms with Crippen LogP contribution in [0.1, 0.15) is 44.8 Å². The van der Waals surface area contributed by atoms with Gasteiger partial charge in [-0.3, -0.25) is 4.79 Å². The van der Waals surface area contributed by atoms with Crippen LogP contribution in [0.15, 0.2) is 18.3 Å². The first-order valence-corrected chi connectivity index (χ1v) is 6.79.